The predicted molar refractivity (Wildman–Crippen MR) is 76.7 cm³/mol. The maximum absolute atomic E-state index is 13.0. The summed E-state index contributed by atoms with van der Waals surface area (Å²) in [5.74, 6) is -0.828. The fourth-order valence-electron chi connectivity index (χ4n) is 1.97. The topological polar surface area (TPSA) is 72.0 Å². The molecule has 2 heterocycles. The molecule has 21 heavy (non-hydrogen) atoms. The number of rotatable bonds is 3. The van der Waals surface area contributed by atoms with Crippen LogP contribution in [0.15, 0.2) is 59.6 Å². The molecule has 7 heteroatoms. The second-order valence-corrected chi connectivity index (χ2v) is 5.93. The van der Waals surface area contributed by atoms with E-state index >= 15 is 0 Å². The lowest BCUT2D eigenvalue weighted by atomic mass is 10.2. The second kappa shape index (κ2) is 5.10. The number of nitrogens with zero attached hydrogens (tertiary/aromatic N) is 2. The third-order valence-corrected chi connectivity index (χ3v) is 4.26. The van der Waals surface area contributed by atoms with Crippen LogP contribution in [0.4, 0.5) is 10.2 Å². The Morgan fingerprint density at radius 2 is 1.81 bits per heavy atom. The van der Waals surface area contributed by atoms with Crippen molar-refractivity contribution >= 4 is 26.7 Å². The molecule has 1 aromatic carbocycles. The standard InChI is InChI=1S/C14H10FN3O2S/c15-13-7-2-8-14(17-13)18-21(19,20)12-6-1-5-11-10(12)4-3-9-16-11/h1-9H,(H,17,18). The molecule has 0 saturated heterocycles. The zero-order chi connectivity index (χ0) is 14.9. The molecule has 0 radical (unpaired) electrons. The van der Waals surface area contributed by atoms with Crippen LogP contribution in [0.25, 0.3) is 10.9 Å². The highest BCUT2D eigenvalue weighted by Crippen LogP contribution is 2.23. The SMILES string of the molecule is O=S(=O)(Nc1cccc(F)n1)c1cccc2ncccc12. The molecule has 0 aliphatic heterocycles. The Balaban J connectivity index is 2.09. The van der Waals surface area contributed by atoms with Gasteiger partial charge in [-0.15, -0.1) is 0 Å². The summed E-state index contributed by atoms with van der Waals surface area (Å²) in [5.41, 5.74) is 0.563. The molecule has 0 aliphatic rings. The Labute approximate surface area is 120 Å². The van der Waals surface area contributed by atoms with Gasteiger partial charge in [0.05, 0.1) is 10.4 Å². The highest BCUT2D eigenvalue weighted by Gasteiger charge is 2.18. The molecule has 0 bridgehead atoms. The predicted octanol–water partition coefficient (Wildman–Crippen LogP) is 2.57. The lowest BCUT2D eigenvalue weighted by Crippen LogP contribution is -2.14. The average molecular weight is 303 g/mol. The third kappa shape index (κ3) is 2.68. The van der Waals surface area contributed by atoms with Crippen molar-refractivity contribution in [2.24, 2.45) is 0 Å². The highest BCUT2D eigenvalue weighted by molar-refractivity contribution is 7.93. The van der Waals surface area contributed by atoms with E-state index in [0.717, 1.165) is 6.07 Å². The summed E-state index contributed by atoms with van der Waals surface area (Å²) < 4.78 is 40.2. The van der Waals surface area contributed by atoms with Gasteiger partial charge in [0.15, 0.2) is 0 Å². The molecule has 3 rings (SSSR count). The Morgan fingerprint density at radius 1 is 1.00 bits per heavy atom. The fourth-order valence-corrected chi connectivity index (χ4v) is 3.19. The van der Waals surface area contributed by atoms with E-state index in [1.807, 2.05) is 0 Å². The van der Waals surface area contributed by atoms with Crippen LogP contribution in [0.5, 0.6) is 0 Å². The number of nitrogens with one attached hydrogen (secondary N) is 1. The van der Waals surface area contributed by atoms with Gasteiger partial charge in [0.1, 0.15) is 5.82 Å². The molecule has 0 fully saturated rings. The van der Waals surface area contributed by atoms with E-state index in [2.05, 4.69) is 14.7 Å². The van der Waals surface area contributed by atoms with E-state index in [1.54, 1.807) is 30.5 Å². The van der Waals surface area contributed by atoms with Gasteiger partial charge < -0.3 is 0 Å². The van der Waals surface area contributed by atoms with Crippen LogP contribution >= 0.6 is 0 Å². The number of hydrogen-bond acceptors (Lipinski definition) is 4. The molecule has 2 aromatic heterocycles. The minimum atomic E-state index is -3.88. The van der Waals surface area contributed by atoms with Crippen molar-refractivity contribution in [3.05, 3.63) is 60.7 Å². The van der Waals surface area contributed by atoms with Crippen LogP contribution in [0, 0.1) is 5.95 Å². The van der Waals surface area contributed by atoms with Crippen LogP contribution in [0.3, 0.4) is 0 Å². The van der Waals surface area contributed by atoms with Crippen molar-refractivity contribution in [2.45, 2.75) is 4.90 Å². The van der Waals surface area contributed by atoms with E-state index in [0.29, 0.717) is 10.9 Å². The second-order valence-electron chi connectivity index (χ2n) is 4.28. The minimum absolute atomic E-state index is 0.0687. The number of halogens is 1. The molecule has 0 saturated carbocycles. The summed E-state index contributed by atoms with van der Waals surface area (Å²) >= 11 is 0. The molecule has 3 aromatic rings. The van der Waals surface area contributed by atoms with Gasteiger partial charge in [-0.3, -0.25) is 9.71 Å². The minimum Gasteiger partial charge on any atom is -0.263 e. The first-order chi connectivity index (χ1) is 10.1. The number of benzene rings is 1. The lowest BCUT2D eigenvalue weighted by Gasteiger charge is -2.09. The monoisotopic (exact) mass is 303 g/mol. The zero-order valence-electron chi connectivity index (χ0n) is 10.7. The number of pyridine rings is 2. The van der Waals surface area contributed by atoms with Crippen molar-refractivity contribution in [2.75, 3.05) is 4.72 Å². The summed E-state index contributed by atoms with van der Waals surface area (Å²) in [6.45, 7) is 0. The van der Waals surface area contributed by atoms with Crippen molar-refractivity contribution in [1.29, 1.82) is 0 Å². The normalized spacial score (nSPS) is 11.5. The number of anilines is 1. The average Bonchev–Trinajstić information content (AvgIpc) is 2.46. The first-order valence-electron chi connectivity index (χ1n) is 6.05. The molecular formula is C14H10FN3O2S. The molecule has 0 amide bonds. The lowest BCUT2D eigenvalue weighted by molar-refractivity contribution is 0.584. The van der Waals surface area contributed by atoms with Gasteiger partial charge in [0.2, 0.25) is 5.95 Å². The maximum Gasteiger partial charge on any atom is 0.263 e. The summed E-state index contributed by atoms with van der Waals surface area (Å²) in [7, 11) is -3.88. The van der Waals surface area contributed by atoms with Crippen LogP contribution in [-0.4, -0.2) is 18.4 Å². The van der Waals surface area contributed by atoms with Crippen molar-refractivity contribution in [1.82, 2.24) is 9.97 Å². The van der Waals surface area contributed by atoms with Gasteiger partial charge in [-0.25, -0.2) is 13.4 Å². The molecular weight excluding hydrogens is 293 g/mol. The molecule has 1 N–H and O–H groups in total. The van der Waals surface area contributed by atoms with E-state index in [9.17, 15) is 12.8 Å². The summed E-state index contributed by atoms with van der Waals surface area (Å²) in [6, 6.07) is 12.0. The molecule has 0 aliphatic carbocycles. The molecule has 5 nitrogen and oxygen atoms in total. The Morgan fingerprint density at radius 3 is 2.62 bits per heavy atom. The van der Waals surface area contributed by atoms with Crippen molar-refractivity contribution in [3.63, 3.8) is 0 Å². The number of hydrogen-bond donors (Lipinski definition) is 1. The molecule has 0 atom stereocenters. The summed E-state index contributed by atoms with van der Waals surface area (Å²) in [6.07, 6.45) is 1.58. The van der Waals surface area contributed by atoms with Gasteiger partial charge in [-0.05, 0) is 36.4 Å². The van der Waals surface area contributed by atoms with Crippen LogP contribution in [-0.2, 0) is 10.0 Å². The summed E-state index contributed by atoms with van der Waals surface area (Å²) in [5, 5.41) is 0.490. The Bertz CT molecular complexity index is 907. The van der Waals surface area contributed by atoms with E-state index < -0.39 is 16.0 Å². The Kier molecular flexibility index (Phi) is 3.26. The fraction of sp³-hybridized carbons (Fsp3) is 0. The van der Waals surface area contributed by atoms with Crippen molar-refractivity contribution < 1.29 is 12.8 Å². The third-order valence-electron chi connectivity index (χ3n) is 2.85. The van der Waals surface area contributed by atoms with E-state index in [-0.39, 0.29) is 10.7 Å². The maximum atomic E-state index is 13.0. The Hall–Kier alpha value is -2.54. The van der Waals surface area contributed by atoms with E-state index in [4.69, 9.17) is 0 Å². The largest absolute Gasteiger partial charge is 0.263 e. The van der Waals surface area contributed by atoms with Crippen LogP contribution < -0.4 is 4.72 Å². The molecule has 0 unspecified atom stereocenters. The highest BCUT2D eigenvalue weighted by atomic mass is 32.2. The number of fused-ring (bicyclic) bond motifs is 1. The number of aromatic nitrogens is 2. The molecule has 0 spiro atoms. The van der Waals surface area contributed by atoms with Gasteiger partial charge >= 0.3 is 0 Å². The first-order valence-corrected chi connectivity index (χ1v) is 7.54. The van der Waals surface area contributed by atoms with Crippen molar-refractivity contribution in [3.8, 4) is 0 Å². The van der Waals surface area contributed by atoms with Gasteiger partial charge in [-0.2, -0.15) is 4.39 Å². The van der Waals surface area contributed by atoms with Crippen LogP contribution in [0.2, 0.25) is 0 Å². The van der Waals surface area contributed by atoms with Gasteiger partial charge in [0.25, 0.3) is 10.0 Å². The smallest absolute Gasteiger partial charge is 0.263 e. The van der Waals surface area contributed by atoms with Crippen LogP contribution in [0.1, 0.15) is 0 Å². The summed E-state index contributed by atoms with van der Waals surface area (Å²) in [4.78, 5) is 7.67. The van der Waals surface area contributed by atoms with E-state index in [1.165, 1.54) is 18.2 Å². The number of sulfonamides is 1. The zero-order valence-corrected chi connectivity index (χ0v) is 11.5. The van der Waals surface area contributed by atoms with Gasteiger partial charge in [0, 0.05) is 11.6 Å². The van der Waals surface area contributed by atoms with Gasteiger partial charge in [-0.1, -0.05) is 12.1 Å². The molecule has 106 valence electrons. The first kappa shape index (κ1) is 13.4. The quantitative estimate of drug-likeness (QED) is 0.755.